The van der Waals surface area contributed by atoms with Crippen LogP contribution in [0, 0.1) is 6.92 Å². The van der Waals surface area contributed by atoms with Crippen molar-refractivity contribution in [3.63, 3.8) is 0 Å². The molecule has 18 heavy (non-hydrogen) atoms. The first-order valence-corrected chi connectivity index (χ1v) is 7.61. The molecule has 0 bridgehead atoms. The van der Waals surface area contributed by atoms with Crippen LogP contribution in [0.3, 0.4) is 0 Å². The van der Waals surface area contributed by atoms with E-state index in [0.29, 0.717) is 12.2 Å². The molecule has 0 aliphatic heterocycles. The largest absolute Gasteiger partial charge is 0.385 e. The van der Waals surface area contributed by atoms with E-state index in [4.69, 9.17) is 4.74 Å². The van der Waals surface area contributed by atoms with Crippen LogP contribution in [-0.2, 0) is 4.74 Å². The third-order valence-corrected chi connectivity index (χ3v) is 3.74. The SMILES string of the molecule is COCCC(CBr)NC(=O)c1cc(C)cc(Br)c1. The normalized spacial score (nSPS) is 12.2. The molecule has 0 heterocycles. The fourth-order valence-corrected chi connectivity index (χ4v) is 2.68. The van der Waals surface area contributed by atoms with Crippen LogP contribution in [-0.4, -0.2) is 31.0 Å². The molecule has 0 fully saturated rings. The van der Waals surface area contributed by atoms with Crippen LogP contribution in [0.15, 0.2) is 22.7 Å². The molecule has 1 aromatic carbocycles. The van der Waals surface area contributed by atoms with Gasteiger partial charge in [-0.15, -0.1) is 0 Å². The van der Waals surface area contributed by atoms with Gasteiger partial charge in [-0.3, -0.25) is 4.79 Å². The number of nitrogens with one attached hydrogen (secondary N) is 1. The summed E-state index contributed by atoms with van der Waals surface area (Å²) in [6.07, 6.45) is 0.792. The minimum Gasteiger partial charge on any atom is -0.385 e. The number of rotatable bonds is 6. The maximum atomic E-state index is 12.1. The zero-order chi connectivity index (χ0) is 13.5. The monoisotopic (exact) mass is 377 g/mol. The zero-order valence-electron chi connectivity index (χ0n) is 10.5. The summed E-state index contributed by atoms with van der Waals surface area (Å²) in [6, 6.07) is 5.76. The maximum absolute atomic E-state index is 12.1. The van der Waals surface area contributed by atoms with Crippen molar-refractivity contribution in [3.8, 4) is 0 Å². The summed E-state index contributed by atoms with van der Waals surface area (Å²) in [4.78, 5) is 12.1. The average molecular weight is 379 g/mol. The average Bonchev–Trinajstić information content (AvgIpc) is 2.32. The lowest BCUT2D eigenvalue weighted by molar-refractivity contribution is 0.0930. The molecule has 0 aromatic heterocycles. The molecule has 0 saturated heterocycles. The standard InChI is InChI=1S/C13H17Br2NO2/c1-9-5-10(7-11(15)6-9)13(17)16-12(8-14)3-4-18-2/h5-7,12H,3-4,8H2,1-2H3,(H,16,17). The Morgan fingerprint density at radius 2 is 2.17 bits per heavy atom. The highest BCUT2D eigenvalue weighted by molar-refractivity contribution is 9.10. The number of hydrogen-bond donors (Lipinski definition) is 1. The van der Waals surface area contributed by atoms with Gasteiger partial charge in [-0.25, -0.2) is 0 Å². The van der Waals surface area contributed by atoms with E-state index < -0.39 is 0 Å². The molecule has 5 heteroatoms. The van der Waals surface area contributed by atoms with E-state index in [0.717, 1.165) is 21.8 Å². The van der Waals surface area contributed by atoms with Crippen molar-refractivity contribution in [3.05, 3.63) is 33.8 Å². The van der Waals surface area contributed by atoms with Gasteiger partial charge in [-0.05, 0) is 37.1 Å². The van der Waals surface area contributed by atoms with E-state index in [9.17, 15) is 4.79 Å². The summed E-state index contributed by atoms with van der Waals surface area (Å²) >= 11 is 6.79. The number of amides is 1. The number of carbonyl (C=O) groups excluding carboxylic acids is 1. The van der Waals surface area contributed by atoms with Gasteiger partial charge < -0.3 is 10.1 Å². The van der Waals surface area contributed by atoms with Crippen LogP contribution in [0.1, 0.15) is 22.3 Å². The Morgan fingerprint density at radius 1 is 1.44 bits per heavy atom. The van der Waals surface area contributed by atoms with Gasteiger partial charge in [0.15, 0.2) is 0 Å². The number of benzene rings is 1. The van der Waals surface area contributed by atoms with Gasteiger partial charge >= 0.3 is 0 Å². The summed E-state index contributed by atoms with van der Waals surface area (Å²) in [7, 11) is 1.66. The quantitative estimate of drug-likeness (QED) is 0.771. The minimum atomic E-state index is -0.0556. The van der Waals surface area contributed by atoms with Crippen molar-refractivity contribution in [2.75, 3.05) is 19.0 Å². The first-order valence-electron chi connectivity index (χ1n) is 5.69. The molecule has 1 rings (SSSR count). The van der Waals surface area contributed by atoms with Crippen molar-refractivity contribution in [2.24, 2.45) is 0 Å². The van der Waals surface area contributed by atoms with Crippen LogP contribution in [0.25, 0.3) is 0 Å². The molecular weight excluding hydrogens is 362 g/mol. The van der Waals surface area contributed by atoms with Gasteiger partial charge in [-0.2, -0.15) is 0 Å². The number of alkyl halides is 1. The summed E-state index contributed by atoms with van der Waals surface area (Å²) in [5, 5.41) is 3.70. The predicted molar refractivity (Wildman–Crippen MR) is 80.4 cm³/mol. The van der Waals surface area contributed by atoms with E-state index in [1.807, 2.05) is 25.1 Å². The lowest BCUT2D eigenvalue weighted by Crippen LogP contribution is -2.36. The Hall–Kier alpha value is -0.390. The Balaban J connectivity index is 2.68. The lowest BCUT2D eigenvalue weighted by atomic mass is 10.1. The smallest absolute Gasteiger partial charge is 0.251 e. The van der Waals surface area contributed by atoms with Gasteiger partial charge in [0.25, 0.3) is 5.91 Å². The van der Waals surface area contributed by atoms with E-state index >= 15 is 0 Å². The highest BCUT2D eigenvalue weighted by Crippen LogP contribution is 2.15. The third kappa shape index (κ3) is 5.08. The van der Waals surface area contributed by atoms with Crippen molar-refractivity contribution in [1.82, 2.24) is 5.32 Å². The molecule has 0 saturated carbocycles. The summed E-state index contributed by atoms with van der Waals surface area (Å²) in [5.41, 5.74) is 1.73. The summed E-state index contributed by atoms with van der Waals surface area (Å²) in [5.74, 6) is -0.0556. The number of ether oxygens (including phenoxy) is 1. The number of carbonyl (C=O) groups is 1. The topological polar surface area (TPSA) is 38.3 Å². The molecule has 0 aliphatic rings. The van der Waals surface area contributed by atoms with Gasteiger partial charge in [0.1, 0.15) is 0 Å². The van der Waals surface area contributed by atoms with Gasteiger partial charge in [0, 0.05) is 35.1 Å². The maximum Gasteiger partial charge on any atom is 0.251 e. The van der Waals surface area contributed by atoms with Crippen LogP contribution in [0.5, 0.6) is 0 Å². The van der Waals surface area contributed by atoms with Gasteiger partial charge in [0.2, 0.25) is 0 Å². The molecule has 3 nitrogen and oxygen atoms in total. The first kappa shape index (κ1) is 15.7. The fraction of sp³-hybridized carbons (Fsp3) is 0.462. The number of halogens is 2. The third-order valence-electron chi connectivity index (χ3n) is 2.50. The first-order chi connectivity index (χ1) is 8.56. The highest BCUT2D eigenvalue weighted by atomic mass is 79.9. The van der Waals surface area contributed by atoms with Gasteiger partial charge in [-0.1, -0.05) is 31.9 Å². The molecule has 1 amide bonds. The molecular formula is C13H17Br2NO2. The molecule has 100 valence electrons. The molecule has 1 atom stereocenters. The second kappa shape index (κ2) is 7.92. The van der Waals surface area contributed by atoms with Crippen LogP contribution in [0.4, 0.5) is 0 Å². The van der Waals surface area contributed by atoms with Crippen molar-refractivity contribution >= 4 is 37.8 Å². The number of hydrogen-bond acceptors (Lipinski definition) is 2. The van der Waals surface area contributed by atoms with E-state index in [2.05, 4.69) is 37.2 Å². The number of aryl methyl sites for hydroxylation is 1. The number of methoxy groups -OCH3 is 1. The lowest BCUT2D eigenvalue weighted by Gasteiger charge is -2.16. The Kier molecular flexibility index (Phi) is 6.89. The molecule has 1 N–H and O–H groups in total. The Labute approximate surface area is 125 Å². The summed E-state index contributed by atoms with van der Waals surface area (Å²) in [6.45, 7) is 2.60. The molecule has 1 aromatic rings. The molecule has 0 spiro atoms. The second-order valence-electron chi connectivity index (χ2n) is 4.12. The minimum absolute atomic E-state index is 0.0556. The highest BCUT2D eigenvalue weighted by Gasteiger charge is 2.13. The second-order valence-corrected chi connectivity index (χ2v) is 5.69. The molecule has 0 aliphatic carbocycles. The van der Waals surface area contributed by atoms with Gasteiger partial charge in [0.05, 0.1) is 0 Å². The Bertz CT molecular complexity index is 390. The van der Waals surface area contributed by atoms with E-state index in [-0.39, 0.29) is 11.9 Å². The molecule has 1 unspecified atom stereocenters. The van der Waals surface area contributed by atoms with Crippen LogP contribution < -0.4 is 5.32 Å². The Morgan fingerprint density at radius 3 is 2.72 bits per heavy atom. The van der Waals surface area contributed by atoms with Crippen molar-refractivity contribution in [2.45, 2.75) is 19.4 Å². The van der Waals surface area contributed by atoms with Crippen LogP contribution in [0.2, 0.25) is 0 Å². The van der Waals surface area contributed by atoms with Crippen molar-refractivity contribution < 1.29 is 9.53 Å². The molecule has 0 radical (unpaired) electrons. The fourth-order valence-electron chi connectivity index (χ4n) is 1.58. The summed E-state index contributed by atoms with van der Waals surface area (Å²) < 4.78 is 5.94. The van der Waals surface area contributed by atoms with Crippen LogP contribution >= 0.6 is 31.9 Å². The van der Waals surface area contributed by atoms with E-state index in [1.165, 1.54) is 0 Å². The van der Waals surface area contributed by atoms with E-state index in [1.54, 1.807) is 7.11 Å². The van der Waals surface area contributed by atoms with Crippen molar-refractivity contribution in [1.29, 1.82) is 0 Å². The zero-order valence-corrected chi connectivity index (χ0v) is 13.7. The predicted octanol–water partition coefficient (Wildman–Crippen LogP) is 3.29.